The van der Waals surface area contributed by atoms with Gasteiger partial charge in [-0.05, 0) is 37.0 Å². The number of hydrogen-bond donors (Lipinski definition) is 2. The molecule has 0 aliphatic heterocycles. The molecular formula is C17H23NO5. The molecule has 23 heavy (non-hydrogen) atoms. The molecule has 1 aromatic carbocycles. The zero-order valence-electron chi connectivity index (χ0n) is 13.6. The van der Waals surface area contributed by atoms with Crippen molar-refractivity contribution in [1.82, 2.24) is 5.32 Å². The van der Waals surface area contributed by atoms with E-state index in [9.17, 15) is 9.59 Å². The van der Waals surface area contributed by atoms with Crippen molar-refractivity contribution >= 4 is 11.9 Å². The van der Waals surface area contributed by atoms with Crippen LogP contribution < -0.4 is 14.8 Å². The Morgan fingerprint density at radius 1 is 1.30 bits per heavy atom. The molecule has 2 rings (SSSR count). The molecule has 0 radical (unpaired) electrons. The molecule has 1 aliphatic rings. The largest absolute Gasteiger partial charge is 0.493 e. The van der Waals surface area contributed by atoms with Crippen molar-refractivity contribution in [3.63, 3.8) is 0 Å². The highest BCUT2D eigenvalue weighted by Gasteiger charge is 2.56. The fourth-order valence-corrected chi connectivity index (χ4v) is 2.28. The van der Waals surface area contributed by atoms with Crippen LogP contribution in [0.5, 0.6) is 11.5 Å². The zero-order chi connectivity index (χ0) is 16.9. The molecule has 6 nitrogen and oxygen atoms in total. The third kappa shape index (κ3) is 3.94. The van der Waals surface area contributed by atoms with Crippen molar-refractivity contribution in [2.45, 2.75) is 39.2 Å². The van der Waals surface area contributed by atoms with Crippen LogP contribution in [0.15, 0.2) is 18.2 Å². The number of carbonyl (C=O) groups is 2. The van der Waals surface area contributed by atoms with Gasteiger partial charge in [-0.2, -0.15) is 0 Å². The van der Waals surface area contributed by atoms with Crippen LogP contribution in [0.1, 0.15) is 38.2 Å². The van der Waals surface area contributed by atoms with E-state index < -0.39 is 17.3 Å². The first kappa shape index (κ1) is 17.1. The van der Waals surface area contributed by atoms with Crippen molar-refractivity contribution in [3.05, 3.63) is 23.8 Å². The van der Waals surface area contributed by atoms with E-state index in [2.05, 4.69) is 12.2 Å². The number of unbranched alkanes of at least 4 members (excludes halogenated alkanes) is 1. The maximum atomic E-state index is 12.0. The van der Waals surface area contributed by atoms with E-state index in [-0.39, 0.29) is 6.54 Å². The van der Waals surface area contributed by atoms with Crippen molar-refractivity contribution < 1.29 is 24.2 Å². The quantitative estimate of drug-likeness (QED) is 0.539. The van der Waals surface area contributed by atoms with Crippen molar-refractivity contribution in [2.75, 3.05) is 13.7 Å². The van der Waals surface area contributed by atoms with E-state index >= 15 is 0 Å². The van der Waals surface area contributed by atoms with Crippen molar-refractivity contribution in [2.24, 2.45) is 5.41 Å². The Morgan fingerprint density at radius 2 is 2.04 bits per heavy atom. The van der Waals surface area contributed by atoms with Gasteiger partial charge in [-0.15, -0.1) is 0 Å². The molecule has 1 amide bonds. The summed E-state index contributed by atoms with van der Waals surface area (Å²) in [6.07, 6.45) is 2.83. The highest BCUT2D eigenvalue weighted by atomic mass is 16.5. The molecule has 1 aromatic rings. The molecule has 2 N–H and O–H groups in total. The van der Waals surface area contributed by atoms with Crippen molar-refractivity contribution in [3.8, 4) is 11.5 Å². The summed E-state index contributed by atoms with van der Waals surface area (Å²) >= 11 is 0. The summed E-state index contributed by atoms with van der Waals surface area (Å²) in [5.41, 5.74) is -0.382. The summed E-state index contributed by atoms with van der Waals surface area (Å²) in [7, 11) is 1.56. The Kier molecular flexibility index (Phi) is 5.47. The van der Waals surface area contributed by atoms with Gasteiger partial charge in [0.2, 0.25) is 5.91 Å². The number of aliphatic carboxylic acids is 1. The number of benzene rings is 1. The van der Waals surface area contributed by atoms with E-state index in [1.165, 1.54) is 0 Å². The van der Waals surface area contributed by atoms with E-state index in [1.807, 2.05) is 6.07 Å². The number of amides is 1. The summed E-state index contributed by atoms with van der Waals surface area (Å²) < 4.78 is 11.0. The monoisotopic (exact) mass is 321 g/mol. The first-order valence-electron chi connectivity index (χ1n) is 7.85. The minimum absolute atomic E-state index is 0.263. The number of ether oxygens (including phenoxy) is 2. The predicted molar refractivity (Wildman–Crippen MR) is 84.5 cm³/mol. The number of carboxylic acids is 1. The van der Waals surface area contributed by atoms with Crippen LogP contribution in [0.4, 0.5) is 0 Å². The lowest BCUT2D eigenvalue weighted by Gasteiger charge is -2.14. The second kappa shape index (κ2) is 7.35. The maximum Gasteiger partial charge on any atom is 0.319 e. The first-order chi connectivity index (χ1) is 11.0. The molecule has 126 valence electrons. The average molecular weight is 321 g/mol. The van der Waals surface area contributed by atoms with Crippen LogP contribution in [0.25, 0.3) is 0 Å². The number of carboxylic acid groups (broad SMARTS) is 1. The van der Waals surface area contributed by atoms with E-state index in [0.29, 0.717) is 30.9 Å². The number of methoxy groups -OCH3 is 1. The molecule has 1 fully saturated rings. The second-order valence-electron chi connectivity index (χ2n) is 5.76. The van der Waals surface area contributed by atoms with Gasteiger partial charge in [-0.1, -0.05) is 19.4 Å². The normalized spacial score (nSPS) is 14.9. The predicted octanol–water partition coefficient (Wildman–Crippen LogP) is 2.36. The topological polar surface area (TPSA) is 84.9 Å². The standard InChI is InChI=1S/C17H23NO5/c1-3-4-9-23-13-6-5-12(10-14(13)22-2)11-18-15(19)17(7-8-17)16(20)21/h5-6,10H,3-4,7-9,11H2,1-2H3,(H,18,19)(H,20,21). The Bertz CT molecular complexity index is 580. The summed E-state index contributed by atoms with van der Waals surface area (Å²) in [6, 6.07) is 5.44. The Hall–Kier alpha value is -2.24. The van der Waals surface area contributed by atoms with Crippen molar-refractivity contribution in [1.29, 1.82) is 0 Å². The van der Waals surface area contributed by atoms with Crippen LogP contribution >= 0.6 is 0 Å². The minimum Gasteiger partial charge on any atom is -0.493 e. The van der Waals surface area contributed by atoms with Gasteiger partial charge in [0, 0.05) is 6.54 Å². The fraction of sp³-hybridized carbons (Fsp3) is 0.529. The molecule has 0 bridgehead atoms. The molecule has 0 spiro atoms. The van der Waals surface area contributed by atoms with Crippen LogP contribution in [-0.4, -0.2) is 30.7 Å². The lowest BCUT2D eigenvalue weighted by Crippen LogP contribution is -2.36. The smallest absolute Gasteiger partial charge is 0.319 e. The van der Waals surface area contributed by atoms with E-state index in [1.54, 1.807) is 19.2 Å². The van der Waals surface area contributed by atoms with Gasteiger partial charge in [0.15, 0.2) is 11.5 Å². The summed E-state index contributed by atoms with van der Waals surface area (Å²) in [5.74, 6) is -0.202. The Balaban J connectivity index is 1.95. The van der Waals surface area contributed by atoms with Crippen LogP contribution in [0.2, 0.25) is 0 Å². The number of hydrogen-bond acceptors (Lipinski definition) is 4. The molecule has 0 saturated heterocycles. The zero-order valence-corrected chi connectivity index (χ0v) is 13.6. The highest BCUT2D eigenvalue weighted by molar-refractivity contribution is 6.04. The molecule has 6 heteroatoms. The number of carbonyl (C=O) groups excluding carboxylic acids is 1. The summed E-state index contributed by atoms with van der Waals surface area (Å²) in [6.45, 7) is 2.99. The van der Waals surface area contributed by atoms with Crippen LogP contribution in [0.3, 0.4) is 0 Å². The van der Waals surface area contributed by atoms with Gasteiger partial charge in [0.05, 0.1) is 13.7 Å². The van der Waals surface area contributed by atoms with Gasteiger partial charge < -0.3 is 19.9 Å². The summed E-state index contributed by atoms with van der Waals surface area (Å²) in [5, 5.41) is 11.8. The first-order valence-corrected chi connectivity index (χ1v) is 7.85. The summed E-state index contributed by atoms with van der Waals surface area (Å²) in [4.78, 5) is 23.1. The molecule has 0 aromatic heterocycles. The van der Waals surface area contributed by atoms with Gasteiger partial charge >= 0.3 is 5.97 Å². The minimum atomic E-state index is -1.21. The number of nitrogens with one attached hydrogen (secondary N) is 1. The maximum absolute atomic E-state index is 12.0. The average Bonchev–Trinajstić information content (AvgIpc) is 3.35. The van der Waals surface area contributed by atoms with Gasteiger partial charge in [-0.25, -0.2) is 0 Å². The lowest BCUT2D eigenvalue weighted by molar-refractivity contribution is -0.149. The molecule has 0 unspecified atom stereocenters. The third-order valence-corrected chi connectivity index (χ3v) is 4.03. The molecule has 0 heterocycles. The van der Waals surface area contributed by atoms with E-state index in [4.69, 9.17) is 14.6 Å². The van der Waals surface area contributed by atoms with E-state index in [0.717, 1.165) is 18.4 Å². The highest BCUT2D eigenvalue weighted by Crippen LogP contribution is 2.46. The van der Waals surface area contributed by atoms with Gasteiger partial charge in [0.25, 0.3) is 0 Å². The van der Waals surface area contributed by atoms with Crippen LogP contribution in [0, 0.1) is 5.41 Å². The molecule has 1 aliphatic carbocycles. The molecular weight excluding hydrogens is 298 g/mol. The molecule has 0 atom stereocenters. The number of rotatable bonds is 9. The Morgan fingerprint density at radius 3 is 2.61 bits per heavy atom. The van der Waals surface area contributed by atoms with Gasteiger partial charge in [0.1, 0.15) is 5.41 Å². The lowest BCUT2D eigenvalue weighted by atomic mass is 10.1. The SMILES string of the molecule is CCCCOc1ccc(CNC(=O)C2(C(=O)O)CC2)cc1OC. The fourth-order valence-electron chi connectivity index (χ4n) is 2.28. The Labute approximate surface area is 135 Å². The second-order valence-corrected chi connectivity index (χ2v) is 5.76. The van der Waals surface area contributed by atoms with Crippen LogP contribution in [-0.2, 0) is 16.1 Å². The molecule has 1 saturated carbocycles. The third-order valence-electron chi connectivity index (χ3n) is 4.03. The van der Waals surface area contributed by atoms with Gasteiger partial charge in [-0.3, -0.25) is 9.59 Å².